The summed E-state index contributed by atoms with van der Waals surface area (Å²) in [5.41, 5.74) is 1.42. The largest absolute Gasteiger partial charge is 0.306 e. The van der Waals surface area contributed by atoms with Crippen molar-refractivity contribution in [2.24, 2.45) is 0 Å². The summed E-state index contributed by atoms with van der Waals surface area (Å²) in [6.45, 7) is 5.23. The lowest BCUT2D eigenvalue weighted by molar-refractivity contribution is 0.380. The van der Waals surface area contributed by atoms with Crippen molar-refractivity contribution in [2.45, 2.75) is 32.4 Å². The molecule has 1 N–H and O–H groups in total. The molecule has 3 heteroatoms. The molecule has 0 radical (unpaired) electrons. The maximum absolute atomic E-state index is 5.89. The van der Waals surface area contributed by atoms with Crippen LogP contribution in [0.2, 0.25) is 0 Å². The van der Waals surface area contributed by atoms with Gasteiger partial charge in [0.1, 0.15) is 0 Å². The van der Waals surface area contributed by atoms with Crippen LogP contribution < -0.4 is 5.32 Å². The van der Waals surface area contributed by atoms with Gasteiger partial charge in [-0.05, 0) is 35.7 Å². The summed E-state index contributed by atoms with van der Waals surface area (Å²) in [5, 5.41) is 7.73. The Hall–Kier alpha value is -0.0500. The average molecular weight is 218 g/mol. The summed E-state index contributed by atoms with van der Waals surface area (Å²) in [6, 6.07) is 2.14. The van der Waals surface area contributed by atoms with Crippen LogP contribution in [0.1, 0.15) is 25.8 Å². The number of hydrogen-bond acceptors (Lipinski definition) is 2. The molecule has 0 aromatic carbocycles. The molecule has 1 nitrogen and oxygen atoms in total. The van der Waals surface area contributed by atoms with Gasteiger partial charge in [0.15, 0.2) is 0 Å². The molecular weight excluding hydrogens is 202 g/mol. The van der Waals surface area contributed by atoms with Gasteiger partial charge in [-0.1, -0.05) is 6.92 Å². The van der Waals surface area contributed by atoms with Crippen molar-refractivity contribution in [3.63, 3.8) is 0 Å². The highest BCUT2D eigenvalue weighted by Crippen LogP contribution is 2.13. The van der Waals surface area contributed by atoms with E-state index in [-0.39, 0.29) is 5.54 Å². The van der Waals surface area contributed by atoms with Crippen LogP contribution in [-0.2, 0) is 6.54 Å². The number of halogens is 1. The lowest BCUT2D eigenvalue weighted by atomic mass is 10.0. The lowest BCUT2D eigenvalue weighted by Crippen LogP contribution is -2.42. The van der Waals surface area contributed by atoms with Crippen molar-refractivity contribution < 1.29 is 0 Å². The van der Waals surface area contributed by atoms with Crippen LogP contribution in [-0.4, -0.2) is 11.4 Å². The Morgan fingerprint density at radius 2 is 2.38 bits per heavy atom. The van der Waals surface area contributed by atoms with Gasteiger partial charge in [-0.3, -0.25) is 0 Å². The van der Waals surface area contributed by atoms with E-state index in [2.05, 4.69) is 36.0 Å². The fourth-order valence-corrected chi connectivity index (χ4v) is 1.93. The molecule has 1 aromatic heterocycles. The Kier molecular flexibility index (Phi) is 4.23. The molecule has 0 aliphatic rings. The Morgan fingerprint density at radius 1 is 1.62 bits per heavy atom. The summed E-state index contributed by atoms with van der Waals surface area (Å²) >= 11 is 7.62. The number of thiophene rings is 1. The molecule has 0 saturated heterocycles. The highest BCUT2D eigenvalue weighted by Gasteiger charge is 2.19. The van der Waals surface area contributed by atoms with Crippen LogP contribution in [0.25, 0.3) is 0 Å². The third-order valence-electron chi connectivity index (χ3n) is 2.37. The first kappa shape index (κ1) is 11.0. The predicted octanol–water partition coefficient (Wildman–Crippen LogP) is 3.25. The van der Waals surface area contributed by atoms with E-state index in [4.69, 9.17) is 11.6 Å². The molecule has 0 aliphatic carbocycles. The van der Waals surface area contributed by atoms with Gasteiger partial charge in [-0.25, -0.2) is 0 Å². The van der Waals surface area contributed by atoms with Crippen LogP contribution in [0.4, 0.5) is 0 Å². The normalized spacial score (nSPS) is 15.6. The van der Waals surface area contributed by atoms with Crippen molar-refractivity contribution in [1.29, 1.82) is 0 Å². The van der Waals surface area contributed by atoms with E-state index in [1.54, 1.807) is 11.3 Å². The Labute approximate surface area is 89.1 Å². The lowest BCUT2D eigenvalue weighted by Gasteiger charge is -2.26. The molecule has 0 saturated carbocycles. The van der Waals surface area contributed by atoms with Gasteiger partial charge in [0.25, 0.3) is 0 Å². The van der Waals surface area contributed by atoms with Crippen LogP contribution >= 0.6 is 22.9 Å². The molecule has 74 valence electrons. The summed E-state index contributed by atoms with van der Waals surface area (Å²) in [7, 11) is 0. The zero-order chi connectivity index (χ0) is 9.73. The number of nitrogens with one attached hydrogen (secondary N) is 1. The molecule has 0 aliphatic heterocycles. The quantitative estimate of drug-likeness (QED) is 0.747. The summed E-state index contributed by atoms with van der Waals surface area (Å²) in [6.07, 6.45) is 1.06. The first-order valence-corrected chi connectivity index (χ1v) is 6.00. The van der Waals surface area contributed by atoms with Crippen LogP contribution in [0.5, 0.6) is 0 Å². The van der Waals surface area contributed by atoms with Crippen molar-refractivity contribution >= 4 is 22.9 Å². The average Bonchev–Trinajstić information content (AvgIpc) is 2.67. The standard InChI is InChI=1S/C10H16ClNS/c1-3-10(2,8-11)12-6-9-4-5-13-7-9/h4-5,7,12H,3,6,8H2,1-2H3. The summed E-state index contributed by atoms with van der Waals surface area (Å²) in [4.78, 5) is 0. The first-order valence-electron chi connectivity index (χ1n) is 4.52. The van der Waals surface area contributed by atoms with Crippen molar-refractivity contribution in [2.75, 3.05) is 5.88 Å². The zero-order valence-electron chi connectivity index (χ0n) is 8.14. The maximum Gasteiger partial charge on any atom is 0.0403 e. The molecule has 1 heterocycles. The minimum Gasteiger partial charge on any atom is -0.306 e. The molecule has 1 unspecified atom stereocenters. The second kappa shape index (κ2) is 4.99. The van der Waals surface area contributed by atoms with Gasteiger partial charge in [0.2, 0.25) is 0 Å². The van der Waals surface area contributed by atoms with Crippen molar-refractivity contribution in [1.82, 2.24) is 5.32 Å². The molecule has 1 aromatic rings. The Bertz CT molecular complexity index is 229. The Morgan fingerprint density at radius 3 is 2.85 bits per heavy atom. The molecule has 1 atom stereocenters. The van der Waals surface area contributed by atoms with Gasteiger partial charge < -0.3 is 5.32 Å². The second-order valence-corrected chi connectivity index (χ2v) is 4.58. The fourth-order valence-electron chi connectivity index (χ4n) is 0.975. The van der Waals surface area contributed by atoms with Gasteiger partial charge in [-0.15, -0.1) is 11.6 Å². The smallest absolute Gasteiger partial charge is 0.0403 e. The molecule has 0 spiro atoms. The van der Waals surface area contributed by atoms with Crippen LogP contribution in [0.3, 0.4) is 0 Å². The highest BCUT2D eigenvalue weighted by atomic mass is 35.5. The zero-order valence-corrected chi connectivity index (χ0v) is 9.71. The first-order chi connectivity index (χ1) is 6.20. The van der Waals surface area contributed by atoms with Gasteiger partial charge in [-0.2, -0.15) is 11.3 Å². The van der Waals surface area contributed by atoms with E-state index in [1.807, 2.05) is 0 Å². The van der Waals surface area contributed by atoms with Gasteiger partial charge in [0, 0.05) is 18.0 Å². The topological polar surface area (TPSA) is 12.0 Å². The number of hydrogen-bond donors (Lipinski definition) is 1. The molecular formula is C10H16ClNS. The third kappa shape index (κ3) is 3.29. The van der Waals surface area contributed by atoms with E-state index >= 15 is 0 Å². The molecule has 0 fully saturated rings. The van der Waals surface area contributed by atoms with E-state index < -0.39 is 0 Å². The minimum absolute atomic E-state index is 0.0729. The number of alkyl halides is 1. The van der Waals surface area contributed by atoms with Crippen molar-refractivity contribution in [3.8, 4) is 0 Å². The van der Waals surface area contributed by atoms with Gasteiger partial charge >= 0.3 is 0 Å². The van der Waals surface area contributed by atoms with E-state index in [1.165, 1.54) is 5.56 Å². The SMILES string of the molecule is CCC(C)(CCl)NCc1ccsc1. The highest BCUT2D eigenvalue weighted by molar-refractivity contribution is 7.07. The predicted molar refractivity (Wildman–Crippen MR) is 60.6 cm³/mol. The van der Waals surface area contributed by atoms with Crippen LogP contribution in [0, 0.1) is 0 Å². The summed E-state index contributed by atoms with van der Waals surface area (Å²) in [5.74, 6) is 0.660. The number of rotatable bonds is 5. The van der Waals surface area contributed by atoms with Crippen LogP contribution in [0.15, 0.2) is 16.8 Å². The van der Waals surface area contributed by atoms with E-state index in [9.17, 15) is 0 Å². The molecule has 13 heavy (non-hydrogen) atoms. The molecule has 0 amide bonds. The van der Waals surface area contributed by atoms with Crippen molar-refractivity contribution in [3.05, 3.63) is 22.4 Å². The third-order valence-corrected chi connectivity index (χ3v) is 3.70. The second-order valence-electron chi connectivity index (χ2n) is 3.53. The monoisotopic (exact) mass is 217 g/mol. The molecule has 0 bridgehead atoms. The maximum atomic E-state index is 5.89. The summed E-state index contributed by atoms with van der Waals surface area (Å²) < 4.78 is 0. The van der Waals surface area contributed by atoms with E-state index in [0.717, 1.165) is 13.0 Å². The minimum atomic E-state index is 0.0729. The Balaban J connectivity index is 2.41. The van der Waals surface area contributed by atoms with Gasteiger partial charge in [0.05, 0.1) is 0 Å². The molecule has 1 rings (SSSR count). The van der Waals surface area contributed by atoms with E-state index in [0.29, 0.717) is 5.88 Å². The fraction of sp³-hybridized carbons (Fsp3) is 0.600.